The van der Waals surface area contributed by atoms with E-state index in [0.717, 1.165) is 62.3 Å². The molecule has 1 unspecified atom stereocenters. The third kappa shape index (κ3) is 6.49. The van der Waals surface area contributed by atoms with Gasteiger partial charge in [0.2, 0.25) is 11.8 Å². The first-order chi connectivity index (χ1) is 27.1. The molecule has 1 saturated carbocycles. The number of halogens is 2. The zero-order chi connectivity index (χ0) is 38.6. The topological polar surface area (TPSA) is 94.1 Å². The van der Waals surface area contributed by atoms with Crippen LogP contribution in [-0.4, -0.2) is 73.6 Å². The molecule has 56 heavy (non-hydrogen) atoms. The van der Waals surface area contributed by atoms with Crippen molar-refractivity contribution in [2.45, 2.75) is 74.2 Å². The first kappa shape index (κ1) is 36.7. The lowest BCUT2D eigenvalue weighted by Crippen LogP contribution is -2.47. The number of piperidine rings is 3. The molecule has 10 heteroatoms. The molecular formula is C46H50F2N4O4. The Kier molecular flexibility index (Phi) is 9.51. The van der Waals surface area contributed by atoms with E-state index in [1.807, 2.05) is 6.07 Å². The zero-order valence-corrected chi connectivity index (χ0v) is 31.9. The highest BCUT2D eigenvalue weighted by Gasteiger charge is 2.81. The van der Waals surface area contributed by atoms with E-state index in [4.69, 9.17) is 4.74 Å². The number of aryl methyl sites for hydroxylation is 1. The van der Waals surface area contributed by atoms with Gasteiger partial charge in [-0.3, -0.25) is 14.9 Å². The molecule has 4 fully saturated rings. The summed E-state index contributed by atoms with van der Waals surface area (Å²) in [4.78, 5) is 28.4. The van der Waals surface area contributed by atoms with Crippen molar-refractivity contribution in [2.24, 2.45) is 11.8 Å². The maximum atomic E-state index is 15.6. The van der Waals surface area contributed by atoms with Gasteiger partial charge in [-0.2, -0.15) is 0 Å². The Bertz CT molecular complexity index is 2100. The predicted octanol–water partition coefficient (Wildman–Crippen LogP) is 7.61. The van der Waals surface area contributed by atoms with Gasteiger partial charge in [-0.15, -0.1) is 0 Å². The van der Waals surface area contributed by atoms with Gasteiger partial charge in [0.1, 0.15) is 17.5 Å². The van der Waals surface area contributed by atoms with Crippen LogP contribution < -0.4 is 20.3 Å². The van der Waals surface area contributed by atoms with Crippen LogP contribution in [0, 0.1) is 11.8 Å². The van der Waals surface area contributed by atoms with Gasteiger partial charge in [-0.25, -0.2) is 8.78 Å². The van der Waals surface area contributed by atoms with E-state index in [1.165, 1.54) is 16.7 Å². The second-order valence-corrected chi connectivity index (χ2v) is 16.7. The van der Waals surface area contributed by atoms with Gasteiger partial charge in [0.05, 0.1) is 18.4 Å². The number of nitrogens with zero attached hydrogens (tertiary/aromatic N) is 2. The van der Waals surface area contributed by atoms with Crippen molar-refractivity contribution in [1.29, 1.82) is 0 Å². The molecule has 3 aliphatic heterocycles. The summed E-state index contributed by atoms with van der Waals surface area (Å²) in [5, 5.41) is 15.8. The zero-order valence-electron chi connectivity index (χ0n) is 31.9. The number of nitrogens with one attached hydrogen (secondary N) is 2. The minimum absolute atomic E-state index is 0.0972. The Balaban J connectivity index is 0.831. The van der Waals surface area contributed by atoms with E-state index in [2.05, 4.69) is 75.0 Å². The Labute approximate surface area is 327 Å². The van der Waals surface area contributed by atoms with Crippen molar-refractivity contribution >= 4 is 23.2 Å². The summed E-state index contributed by atoms with van der Waals surface area (Å²) in [5.74, 6) is -2.07. The van der Waals surface area contributed by atoms with Crippen molar-refractivity contribution in [3.63, 3.8) is 0 Å². The number of aromatic hydroxyl groups is 1. The van der Waals surface area contributed by atoms with Crippen LogP contribution in [0.5, 0.6) is 11.5 Å². The molecular weight excluding hydrogens is 711 g/mol. The Hall–Kier alpha value is -4.96. The highest BCUT2D eigenvalue weighted by atomic mass is 19.3. The number of anilines is 2. The third-order valence-electron chi connectivity index (χ3n) is 13.7. The van der Waals surface area contributed by atoms with Gasteiger partial charge in [0, 0.05) is 61.5 Å². The number of amides is 2. The van der Waals surface area contributed by atoms with E-state index in [1.54, 1.807) is 37.4 Å². The number of fused-ring (bicyclic) bond motifs is 2. The standard InChI is InChI=1S/C46H50F2N4O4/c1-56-40-26-34(12-15-38(40)43-36(30-5-3-2-4-6-30)14-7-31-25-35(53)13-16-37(31)43)52-22-19-29(20-23-52)27-51-24-21-45(41(28-51)46(45,47)48)32-8-10-33(11-9-32)49-39-17-18-42(54)50-44(39)55/h2-6,8-13,15-16,25-26,29,36,39,41,43,49,53H,7,14,17-24,27-28H2,1H3,(H,50,54,55)/t36-,39+,41?,43+,45-/m1/s1. The summed E-state index contributed by atoms with van der Waals surface area (Å²) in [6, 6.07) is 29.8. The smallest absolute Gasteiger partial charge is 0.263 e. The van der Waals surface area contributed by atoms with Crippen LogP contribution in [-0.2, 0) is 21.4 Å². The maximum absolute atomic E-state index is 15.6. The molecule has 5 aliphatic rings. The molecule has 4 aromatic carbocycles. The van der Waals surface area contributed by atoms with E-state index in [0.29, 0.717) is 48.8 Å². The highest BCUT2D eigenvalue weighted by molar-refractivity contribution is 6.01. The molecule has 3 N–H and O–H groups in total. The van der Waals surface area contributed by atoms with Crippen LogP contribution in [0.25, 0.3) is 0 Å². The molecule has 3 heterocycles. The quantitative estimate of drug-likeness (QED) is 0.151. The first-order valence-corrected chi connectivity index (χ1v) is 20.2. The monoisotopic (exact) mass is 760 g/mol. The number of hydrogen-bond acceptors (Lipinski definition) is 7. The normalized spacial score (nSPS) is 27.5. The van der Waals surface area contributed by atoms with E-state index in [-0.39, 0.29) is 30.1 Å². The lowest BCUT2D eigenvalue weighted by atomic mass is 9.69. The number of likely N-dealkylation sites (tertiary alicyclic amines) is 1. The van der Waals surface area contributed by atoms with Crippen molar-refractivity contribution in [2.75, 3.05) is 50.1 Å². The average Bonchev–Trinajstić information content (AvgIpc) is 3.72. The van der Waals surface area contributed by atoms with Crippen LogP contribution in [0.15, 0.2) is 91.0 Å². The van der Waals surface area contributed by atoms with Gasteiger partial charge in [0.25, 0.3) is 5.92 Å². The second-order valence-electron chi connectivity index (χ2n) is 16.7. The number of phenols is 1. The second kappa shape index (κ2) is 14.5. The van der Waals surface area contributed by atoms with Crippen LogP contribution >= 0.6 is 0 Å². The number of carbonyl (C=O) groups is 2. The summed E-state index contributed by atoms with van der Waals surface area (Å²) in [5.41, 5.74) is 6.26. The third-order valence-corrected chi connectivity index (χ3v) is 13.7. The minimum Gasteiger partial charge on any atom is -0.508 e. The van der Waals surface area contributed by atoms with Gasteiger partial charge in [-0.05, 0) is 109 Å². The fraction of sp³-hybridized carbons (Fsp3) is 0.435. The highest BCUT2D eigenvalue weighted by Crippen LogP contribution is 2.70. The number of carbonyl (C=O) groups excluding carboxylic acids is 2. The fourth-order valence-corrected chi connectivity index (χ4v) is 10.6. The van der Waals surface area contributed by atoms with Crippen LogP contribution in [0.4, 0.5) is 20.2 Å². The van der Waals surface area contributed by atoms with Crippen molar-refractivity contribution < 1.29 is 28.2 Å². The number of methoxy groups -OCH3 is 1. The molecule has 292 valence electrons. The van der Waals surface area contributed by atoms with Crippen molar-refractivity contribution in [3.05, 3.63) is 119 Å². The Morgan fingerprint density at radius 3 is 2.38 bits per heavy atom. The molecule has 2 aliphatic carbocycles. The van der Waals surface area contributed by atoms with E-state index >= 15 is 8.78 Å². The van der Waals surface area contributed by atoms with Gasteiger partial charge in [0.15, 0.2) is 0 Å². The van der Waals surface area contributed by atoms with Gasteiger partial charge >= 0.3 is 0 Å². The molecule has 8 nitrogen and oxygen atoms in total. The largest absolute Gasteiger partial charge is 0.508 e. The average molecular weight is 761 g/mol. The van der Waals surface area contributed by atoms with Crippen LogP contribution in [0.2, 0.25) is 0 Å². The molecule has 5 atom stereocenters. The number of phenolic OH excluding ortho intramolecular Hbond substituents is 1. The summed E-state index contributed by atoms with van der Waals surface area (Å²) in [6.45, 7) is 3.69. The molecule has 2 amide bonds. The van der Waals surface area contributed by atoms with E-state index < -0.39 is 23.3 Å². The first-order valence-electron chi connectivity index (χ1n) is 20.2. The summed E-state index contributed by atoms with van der Waals surface area (Å²) >= 11 is 0. The van der Waals surface area contributed by atoms with Crippen LogP contribution in [0.1, 0.15) is 78.2 Å². The molecule has 0 radical (unpaired) electrons. The van der Waals surface area contributed by atoms with Crippen molar-refractivity contribution in [3.8, 4) is 11.5 Å². The number of hydrogen-bond donors (Lipinski definition) is 3. The molecule has 3 saturated heterocycles. The minimum atomic E-state index is -2.75. The van der Waals surface area contributed by atoms with Crippen LogP contribution in [0.3, 0.4) is 0 Å². The lowest BCUT2D eigenvalue weighted by molar-refractivity contribution is -0.133. The number of ether oxygens (including phenoxy) is 1. The summed E-state index contributed by atoms with van der Waals surface area (Å²) in [7, 11) is 1.75. The predicted molar refractivity (Wildman–Crippen MR) is 213 cm³/mol. The van der Waals surface area contributed by atoms with Crippen molar-refractivity contribution in [1.82, 2.24) is 10.2 Å². The number of imide groups is 1. The maximum Gasteiger partial charge on any atom is 0.263 e. The molecule has 0 spiro atoms. The van der Waals surface area contributed by atoms with Gasteiger partial charge in [-0.1, -0.05) is 54.6 Å². The lowest BCUT2D eigenvalue weighted by Gasteiger charge is -2.38. The van der Waals surface area contributed by atoms with Gasteiger partial charge < -0.3 is 25.0 Å². The fourth-order valence-electron chi connectivity index (χ4n) is 10.6. The number of rotatable bonds is 9. The molecule has 9 rings (SSSR count). The Morgan fingerprint density at radius 1 is 0.875 bits per heavy atom. The Morgan fingerprint density at radius 2 is 1.64 bits per heavy atom. The SMILES string of the molecule is COc1cc(N2CCC(CN3CC[C@@]4(c5ccc(N[C@H]6CCC(=O)NC6=O)cc5)C(C3)C4(F)F)CC2)ccc1[C@@H]1c2ccc(O)cc2CC[C@@H]1c1ccccc1. The number of benzene rings is 4. The summed E-state index contributed by atoms with van der Waals surface area (Å²) < 4.78 is 37.4. The summed E-state index contributed by atoms with van der Waals surface area (Å²) in [6.07, 6.45) is 5.02. The molecule has 4 aromatic rings. The molecule has 0 bridgehead atoms. The molecule has 0 aromatic heterocycles. The van der Waals surface area contributed by atoms with E-state index in [9.17, 15) is 14.7 Å². The number of alkyl halides is 2.